The lowest BCUT2D eigenvalue weighted by Crippen LogP contribution is -2.44. The molecule has 5 heteroatoms. The van der Waals surface area contributed by atoms with E-state index in [0.717, 1.165) is 6.42 Å². The zero-order valence-corrected chi connectivity index (χ0v) is 16.3. The zero-order valence-electron chi connectivity index (χ0n) is 16.3. The molecule has 1 atom stereocenters. The van der Waals surface area contributed by atoms with Crippen molar-refractivity contribution >= 4 is 6.09 Å². The van der Waals surface area contributed by atoms with Gasteiger partial charge in [-0.3, -0.25) is 0 Å². The summed E-state index contributed by atoms with van der Waals surface area (Å²) in [5, 5.41) is 12.8. The summed E-state index contributed by atoms with van der Waals surface area (Å²) in [4.78, 5) is 11.9. The van der Waals surface area contributed by atoms with Gasteiger partial charge in [0.1, 0.15) is 5.60 Å². The second-order valence-corrected chi connectivity index (χ2v) is 8.82. The molecule has 138 valence electrons. The number of alkyl carbamates (subject to hydrolysis) is 1. The third kappa shape index (κ3) is 11.4. The Kier molecular flexibility index (Phi) is 8.57. The summed E-state index contributed by atoms with van der Waals surface area (Å²) in [6.07, 6.45) is 1.05. The van der Waals surface area contributed by atoms with Crippen molar-refractivity contribution < 1.29 is 19.4 Å². The first-order valence-corrected chi connectivity index (χ1v) is 8.50. The van der Waals surface area contributed by atoms with Crippen LogP contribution in [-0.2, 0) is 9.47 Å². The molecule has 23 heavy (non-hydrogen) atoms. The summed E-state index contributed by atoms with van der Waals surface area (Å²) in [7, 11) is 0. The van der Waals surface area contributed by atoms with E-state index >= 15 is 0 Å². The summed E-state index contributed by atoms with van der Waals surface area (Å²) in [5.41, 5.74) is -1.13. The number of amides is 1. The highest BCUT2D eigenvalue weighted by Crippen LogP contribution is 2.30. The zero-order chi connectivity index (χ0) is 18.3. The number of aliphatic hydroxyl groups is 1. The van der Waals surface area contributed by atoms with Gasteiger partial charge in [0.15, 0.2) is 0 Å². The van der Waals surface area contributed by atoms with E-state index < -0.39 is 17.1 Å². The lowest BCUT2D eigenvalue weighted by atomic mass is 9.78. The minimum atomic E-state index is -0.528. The van der Waals surface area contributed by atoms with Crippen LogP contribution >= 0.6 is 0 Å². The molecule has 0 heterocycles. The highest BCUT2D eigenvalue weighted by atomic mass is 16.6. The molecule has 0 saturated carbocycles. The van der Waals surface area contributed by atoms with E-state index in [-0.39, 0.29) is 12.2 Å². The third-order valence-corrected chi connectivity index (χ3v) is 3.35. The SMILES string of the molecule is CC(C)CC(CO)(CCOC(C)(C)C)CNC(=O)OC(C)(C)C. The van der Waals surface area contributed by atoms with Crippen LogP contribution in [0.1, 0.15) is 68.2 Å². The molecule has 0 aliphatic carbocycles. The van der Waals surface area contributed by atoms with Crippen molar-refractivity contribution in [2.45, 2.75) is 79.4 Å². The molecule has 0 spiro atoms. The predicted molar refractivity (Wildman–Crippen MR) is 93.5 cm³/mol. The highest BCUT2D eigenvalue weighted by Gasteiger charge is 2.32. The second kappa shape index (κ2) is 8.88. The number of ether oxygens (including phenoxy) is 2. The van der Waals surface area contributed by atoms with Crippen molar-refractivity contribution in [3.05, 3.63) is 0 Å². The average Bonchev–Trinajstić information content (AvgIpc) is 2.31. The van der Waals surface area contributed by atoms with Gasteiger partial charge < -0.3 is 19.9 Å². The normalized spacial score (nSPS) is 15.4. The maximum Gasteiger partial charge on any atom is 0.407 e. The minimum absolute atomic E-state index is 0.00841. The number of rotatable bonds is 8. The molecule has 0 aliphatic heterocycles. The van der Waals surface area contributed by atoms with Gasteiger partial charge in [-0.25, -0.2) is 4.79 Å². The van der Waals surface area contributed by atoms with Crippen LogP contribution in [0.15, 0.2) is 0 Å². The van der Waals surface area contributed by atoms with Gasteiger partial charge >= 0.3 is 6.09 Å². The standard InChI is InChI=1S/C18H37NO4/c1-14(2)11-18(13-20,9-10-22-16(3,4)5)12-19-15(21)23-17(6,7)8/h14,20H,9-13H2,1-8H3,(H,19,21). The van der Waals surface area contributed by atoms with Gasteiger partial charge in [0.25, 0.3) is 0 Å². The quantitative estimate of drug-likeness (QED) is 0.711. The van der Waals surface area contributed by atoms with E-state index in [9.17, 15) is 9.90 Å². The number of aliphatic hydroxyl groups excluding tert-OH is 1. The molecule has 1 amide bonds. The highest BCUT2D eigenvalue weighted by molar-refractivity contribution is 5.67. The van der Waals surface area contributed by atoms with Crippen molar-refractivity contribution in [1.82, 2.24) is 5.32 Å². The molecule has 0 aromatic heterocycles. The van der Waals surface area contributed by atoms with Gasteiger partial charge in [-0.1, -0.05) is 13.8 Å². The average molecular weight is 331 g/mol. The maximum atomic E-state index is 11.9. The molecule has 0 aromatic carbocycles. The molecule has 2 N–H and O–H groups in total. The van der Waals surface area contributed by atoms with Crippen molar-refractivity contribution in [3.63, 3.8) is 0 Å². The summed E-state index contributed by atoms with van der Waals surface area (Å²) < 4.78 is 11.1. The van der Waals surface area contributed by atoms with Gasteiger partial charge in [0.05, 0.1) is 12.2 Å². The number of hydrogen-bond acceptors (Lipinski definition) is 4. The van der Waals surface area contributed by atoms with Gasteiger partial charge in [0, 0.05) is 18.6 Å². The van der Waals surface area contributed by atoms with E-state index in [2.05, 4.69) is 19.2 Å². The Labute approximate surface area is 142 Å². The molecular weight excluding hydrogens is 294 g/mol. The summed E-state index contributed by atoms with van der Waals surface area (Å²) >= 11 is 0. The van der Waals surface area contributed by atoms with E-state index in [4.69, 9.17) is 9.47 Å². The minimum Gasteiger partial charge on any atom is -0.444 e. The maximum absolute atomic E-state index is 11.9. The Morgan fingerprint density at radius 3 is 2.04 bits per heavy atom. The molecule has 0 aromatic rings. The van der Waals surface area contributed by atoms with Crippen molar-refractivity contribution in [3.8, 4) is 0 Å². The number of carbonyl (C=O) groups is 1. The Morgan fingerprint density at radius 2 is 1.65 bits per heavy atom. The van der Waals surface area contributed by atoms with Crippen LogP contribution in [0.2, 0.25) is 0 Å². The molecule has 1 unspecified atom stereocenters. The molecule has 0 aliphatic rings. The lowest BCUT2D eigenvalue weighted by Gasteiger charge is -2.35. The fourth-order valence-electron chi connectivity index (χ4n) is 2.48. The number of carbonyl (C=O) groups excluding carboxylic acids is 1. The molecule has 0 rings (SSSR count). The monoisotopic (exact) mass is 331 g/mol. The first-order valence-electron chi connectivity index (χ1n) is 8.50. The third-order valence-electron chi connectivity index (χ3n) is 3.35. The second-order valence-electron chi connectivity index (χ2n) is 8.82. The molecule has 0 saturated heterocycles. The van der Waals surface area contributed by atoms with Crippen LogP contribution in [0.5, 0.6) is 0 Å². The van der Waals surface area contributed by atoms with Crippen LogP contribution < -0.4 is 5.32 Å². The fourth-order valence-corrected chi connectivity index (χ4v) is 2.48. The van der Waals surface area contributed by atoms with E-state index in [1.54, 1.807) is 0 Å². The lowest BCUT2D eigenvalue weighted by molar-refractivity contribution is -0.0312. The first kappa shape index (κ1) is 22.2. The van der Waals surface area contributed by atoms with Crippen molar-refractivity contribution in [2.24, 2.45) is 11.3 Å². The Balaban J connectivity index is 4.74. The Bertz CT molecular complexity index is 355. The van der Waals surface area contributed by atoms with Gasteiger partial charge in [-0.05, 0) is 60.3 Å². The van der Waals surface area contributed by atoms with Crippen LogP contribution in [0.4, 0.5) is 4.79 Å². The molecule has 5 nitrogen and oxygen atoms in total. The van der Waals surface area contributed by atoms with E-state index in [1.807, 2.05) is 41.5 Å². The fraction of sp³-hybridized carbons (Fsp3) is 0.944. The largest absolute Gasteiger partial charge is 0.444 e. The molecule has 0 bridgehead atoms. The van der Waals surface area contributed by atoms with Crippen molar-refractivity contribution in [2.75, 3.05) is 19.8 Å². The van der Waals surface area contributed by atoms with Crippen LogP contribution in [0.25, 0.3) is 0 Å². The van der Waals surface area contributed by atoms with Crippen LogP contribution in [0.3, 0.4) is 0 Å². The van der Waals surface area contributed by atoms with Crippen LogP contribution in [-0.4, -0.2) is 42.2 Å². The number of nitrogens with one attached hydrogen (secondary N) is 1. The van der Waals surface area contributed by atoms with Crippen molar-refractivity contribution in [1.29, 1.82) is 0 Å². The molecular formula is C18H37NO4. The summed E-state index contributed by atoms with van der Waals surface area (Å²) in [6, 6.07) is 0. The van der Waals surface area contributed by atoms with Gasteiger partial charge in [-0.15, -0.1) is 0 Å². The smallest absolute Gasteiger partial charge is 0.407 e. The van der Waals surface area contributed by atoms with Gasteiger partial charge in [-0.2, -0.15) is 0 Å². The Morgan fingerprint density at radius 1 is 1.09 bits per heavy atom. The van der Waals surface area contributed by atoms with E-state index in [1.165, 1.54) is 0 Å². The predicted octanol–water partition coefficient (Wildman–Crippen LogP) is 3.74. The Hall–Kier alpha value is -0.810. The summed E-state index contributed by atoms with van der Waals surface area (Å²) in [5.74, 6) is 0.414. The summed E-state index contributed by atoms with van der Waals surface area (Å²) in [6.45, 7) is 16.7. The van der Waals surface area contributed by atoms with Crippen LogP contribution in [0, 0.1) is 11.3 Å². The van der Waals surface area contributed by atoms with Gasteiger partial charge in [0.2, 0.25) is 0 Å². The molecule has 0 fully saturated rings. The molecule has 0 radical (unpaired) electrons. The topological polar surface area (TPSA) is 67.8 Å². The first-order chi connectivity index (χ1) is 10.3. The number of hydrogen-bond donors (Lipinski definition) is 2. The van der Waals surface area contributed by atoms with E-state index in [0.29, 0.717) is 25.5 Å².